The summed E-state index contributed by atoms with van der Waals surface area (Å²) in [5.41, 5.74) is 3.65. The summed E-state index contributed by atoms with van der Waals surface area (Å²) in [5, 5.41) is 5.21. The van der Waals surface area contributed by atoms with Crippen LogP contribution >= 0.6 is 15.9 Å². The fourth-order valence-electron chi connectivity index (χ4n) is 1.42. The first-order chi connectivity index (χ1) is 7.33. The lowest BCUT2D eigenvalue weighted by atomic mass is 10.2. The van der Waals surface area contributed by atoms with Crippen molar-refractivity contribution in [3.8, 4) is 5.69 Å². The zero-order chi connectivity index (χ0) is 10.7. The SMILES string of the molecule is CCc1cnn(-c2ccc(CBr)cc2)c1. The van der Waals surface area contributed by atoms with Crippen molar-refractivity contribution in [2.24, 2.45) is 0 Å². The number of alkyl halides is 1. The summed E-state index contributed by atoms with van der Waals surface area (Å²) in [7, 11) is 0. The molecular weight excluding hydrogens is 252 g/mol. The molecule has 0 aliphatic heterocycles. The standard InChI is InChI=1S/C12H13BrN2/c1-2-10-8-14-15(9-10)12-5-3-11(7-13)4-6-12/h3-6,8-9H,2,7H2,1H3. The number of aryl methyl sites for hydroxylation is 1. The van der Waals surface area contributed by atoms with Gasteiger partial charge in [-0.05, 0) is 29.7 Å². The van der Waals surface area contributed by atoms with Crippen molar-refractivity contribution in [2.75, 3.05) is 0 Å². The van der Waals surface area contributed by atoms with E-state index in [4.69, 9.17) is 0 Å². The first-order valence-electron chi connectivity index (χ1n) is 5.02. The minimum Gasteiger partial charge on any atom is -0.241 e. The van der Waals surface area contributed by atoms with Crippen molar-refractivity contribution in [1.29, 1.82) is 0 Å². The molecule has 0 atom stereocenters. The molecule has 2 aromatic rings. The molecule has 0 amide bonds. The molecule has 0 saturated heterocycles. The van der Waals surface area contributed by atoms with E-state index in [1.807, 2.05) is 10.9 Å². The lowest BCUT2D eigenvalue weighted by Crippen LogP contribution is -1.93. The van der Waals surface area contributed by atoms with Gasteiger partial charge in [-0.2, -0.15) is 5.10 Å². The number of aromatic nitrogens is 2. The largest absolute Gasteiger partial charge is 0.241 e. The zero-order valence-electron chi connectivity index (χ0n) is 8.65. The number of hydrogen-bond acceptors (Lipinski definition) is 1. The predicted octanol–water partition coefficient (Wildman–Crippen LogP) is 3.33. The average molecular weight is 265 g/mol. The smallest absolute Gasteiger partial charge is 0.0645 e. The molecule has 0 radical (unpaired) electrons. The number of rotatable bonds is 3. The molecule has 0 unspecified atom stereocenters. The maximum absolute atomic E-state index is 4.32. The third-order valence-corrected chi connectivity index (χ3v) is 3.05. The van der Waals surface area contributed by atoms with Crippen molar-refractivity contribution >= 4 is 15.9 Å². The average Bonchev–Trinajstić information content (AvgIpc) is 2.78. The second-order valence-corrected chi connectivity index (χ2v) is 4.01. The van der Waals surface area contributed by atoms with Gasteiger partial charge >= 0.3 is 0 Å². The molecule has 0 N–H and O–H groups in total. The van der Waals surface area contributed by atoms with Crippen LogP contribution in [0.5, 0.6) is 0 Å². The topological polar surface area (TPSA) is 17.8 Å². The first-order valence-corrected chi connectivity index (χ1v) is 6.14. The van der Waals surface area contributed by atoms with Crippen molar-refractivity contribution < 1.29 is 0 Å². The monoisotopic (exact) mass is 264 g/mol. The lowest BCUT2D eigenvalue weighted by Gasteiger charge is -2.01. The van der Waals surface area contributed by atoms with Crippen LogP contribution in [0.2, 0.25) is 0 Å². The van der Waals surface area contributed by atoms with Crippen LogP contribution in [0, 0.1) is 0 Å². The van der Waals surface area contributed by atoms with Gasteiger partial charge in [-0.3, -0.25) is 0 Å². The molecule has 0 bridgehead atoms. The van der Waals surface area contributed by atoms with Gasteiger partial charge < -0.3 is 0 Å². The normalized spacial score (nSPS) is 10.5. The highest BCUT2D eigenvalue weighted by molar-refractivity contribution is 9.08. The Balaban J connectivity index is 2.28. The molecule has 3 heteroatoms. The van der Waals surface area contributed by atoms with Gasteiger partial charge in [-0.25, -0.2) is 4.68 Å². The van der Waals surface area contributed by atoms with Gasteiger partial charge in [0.25, 0.3) is 0 Å². The summed E-state index contributed by atoms with van der Waals surface area (Å²) >= 11 is 3.43. The summed E-state index contributed by atoms with van der Waals surface area (Å²) in [6, 6.07) is 8.39. The first kappa shape index (κ1) is 10.4. The summed E-state index contributed by atoms with van der Waals surface area (Å²) < 4.78 is 1.91. The molecule has 1 heterocycles. The van der Waals surface area contributed by atoms with Gasteiger partial charge in [0.05, 0.1) is 11.9 Å². The molecule has 0 aliphatic carbocycles. The van der Waals surface area contributed by atoms with E-state index in [1.54, 1.807) is 0 Å². The number of nitrogens with zero attached hydrogens (tertiary/aromatic N) is 2. The lowest BCUT2D eigenvalue weighted by molar-refractivity contribution is 0.879. The zero-order valence-corrected chi connectivity index (χ0v) is 10.2. The van der Waals surface area contributed by atoms with E-state index in [2.05, 4.69) is 58.4 Å². The summed E-state index contributed by atoms with van der Waals surface area (Å²) in [6.07, 6.45) is 5.01. The summed E-state index contributed by atoms with van der Waals surface area (Å²) in [6.45, 7) is 2.13. The van der Waals surface area contributed by atoms with Crippen LogP contribution in [0.25, 0.3) is 5.69 Å². The maximum atomic E-state index is 4.32. The van der Waals surface area contributed by atoms with Crippen LogP contribution in [-0.4, -0.2) is 9.78 Å². The van der Waals surface area contributed by atoms with E-state index in [-0.39, 0.29) is 0 Å². The molecule has 78 valence electrons. The number of halogens is 1. The summed E-state index contributed by atoms with van der Waals surface area (Å²) in [4.78, 5) is 0. The molecule has 2 nitrogen and oxygen atoms in total. The molecule has 0 fully saturated rings. The Morgan fingerprint density at radius 3 is 2.47 bits per heavy atom. The van der Waals surface area contributed by atoms with Gasteiger partial charge in [-0.15, -0.1) is 0 Å². The Bertz CT molecular complexity index is 431. The molecule has 1 aromatic carbocycles. The van der Waals surface area contributed by atoms with Crippen LogP contribution in [0.3, 0.4) is 0 Å². The van der Waals surface area contributed by atoms with E-state index in [1.165, 1.54) is 11.1 Å². The minimum absolute atomic E-state index is 0.895. The van der Waals surface area contributed by atoms with Crippen molar-refractivity contribution in [3.05, 3.63) is 47.8 Å². The van der Waals surface area contributed by atoms with Gasteiger partial charge in [0, 0.05) is 11.5 Å². The van der Waals surface area contributed by atoms with Crippen LogP contribution in [0.15, 0.2) is 36.7 Å². The highest BCUT2D eigenvalue weighted by atomic mass is 79.9. The van der Waals surface area contributed by atoms with Gasteiger partial charge in [0.2, 0.25) is 0 Å². The van der Waals surface area contributed by atoms with Crippen LogP contribution < -0.4 is 0 Å². The minimum atomic E-state index is 0.895. The second kappa shape index (κ2) is 4.62. The quantitative estimate of drug-likeness (QED) is 0.778. The van der Waals surface area contributed by atoms with Crippen molar-refractivity contribution in [2.45, 2.75) is 18.7 Å². The molecule has 2 rings (SSSR count). The van der Waals surface area contributed by atoms with Gasteiger partial charge in [0.15, 0.2) is 0 Å². The molecule has 0 spiro atoms. The van der Waals surface area contributed by atoms with Crippen molar-refractivity contribution in [3.63, 3.8) is 0 Å². The molecular formula is C12H13BrN2. The van der Waals surface area contributed by atoms with E-state index < -0.39 is 0 Å². The maximum Gasteiger partial charge on any atom is 0.0645 e. The van der Waals surface area contributed by atoms with E-state index in [0.717, 1.165) is 17.4 Å². The van der Waals surface area contributed by atoms with Crippen LogP contribution in [-0.2, 0) is 11.8 Å². The predicted molar refractivity (Wildman–Crippen MR) is 65.6 cm³/mol. The van der Waals surface area contributed by atoms with Crippen LogP contribution in [0.4, 0.5) is 0 Å². The van der Waals surface area contributed by atoms with Crippen molar-refractivity contribution in [1.82, 2.24) is 9.78 Å². The Hall–Kier alpha value is -1.09. The molecule has 1 aromatic heterocycles. The Kier molecular flexibility index (Phi) is 3.21. The van der Waals surface area contributed by atoms with E-state index in [9.17, 15) is 0 Å². The summed E-state index contributed by atoms with van der Waals surface area (Å²) in [5.74, 6) is 0. The molecule has 0 aliphatic rings. The fraction of sp³-hybridized carbons (Fsp3) is 0.250. The number of benzene rings is 1. The fourth-order valence-corrected chi connectivity index (χ4v) is 1.80. The molecule has 0 saturated carbocycles. The highest BCUT2D eigenvalue weighted by Gasteiger charge is 1.99. The Labute approximate surface area is 98.1 Å². The Morgan fingerprint density at radius 2 is 1.93 bits per heavy atom. The highest BCUT2D eigenvalue weighted by Crippen LogP contribution is 2.12. The van der Waals surface area contributed by atoms with Gasteiger partial charge in [-0.1, -0.05) is 35.0 Å². The third kappa shape index (κ3) is 2.29. The van der Waals surface area contributed by atoms with Crippen LogP contribution in [0.1, 0.15) is 18.1 Å². The number of hydrogen-bond donors (Lipinski definition) is 0. The third-order valence-electron chi connectivity index (χ3n) is 2.40. The van der Waals surface area contributed by atoms with Gasteiger partial charge in [0.1, 0.15) is 0 Å². The second-order valence-electron chi connectivity index (χ2n) is 3.45. The Morgan fingerprint density at radius 1 is 1.20 bits per heavy atom. The molecule has 15 heavy (non-hydrogen) atoms. The van der Waals surface area contributed by atoms with E-state index >= 15 is 0 Å². The van der Waals surface area contributed by atoms with E-state index in [0.29, 0.717) is 0 Å².